The van der Waals surface area contributed by atoms with Crippen molar-refractivity contribution in [2.24, 2.45) is 5.10 Å². The van der Waals surface area contributed by atoms with Crippen molar-refractivity contribution in [3.63, 3.8) is 0 Å². The van der Waals surface area contributed by atoms with Crippen molar-refractivity contribution in [3.8, 4) is 23.0 Å². The van der Waals surface area contributed by atoms with Gasteiger partial charge in [0.05, 0.1) is 11.8 Å². The molecule has 0 aromatic heterocycles. The lowest BCUT2D eigenvalue weighted by Crippen LogP contribution is -2.17. The van der Waals surface area contributed by atoms with Crippen molar-refractivity contribution >= 4 is 23.7 Å². The zero-order chi connectivity index (χ0) is 16.3. The quantitative estimate of drug-likeness (QED) is 0.256. The zero-order valence-corrected chi connectivity index (χ0v) is 11.7. The molecule has 0 aliphatic rings. The molecule has 1 amide bonds. The number of rotatable bonds is 3. The lowest BCUT2D eigenvalue weighted by atomic mass is 10.1. The lowest BCUT2D eigenvalue weighted by molar-refractivity contribution is 0.0952. The van der Waals surface area contributed by atoms with Gasteiger partial charge >= 0.3 is 0 Å². The molecule has 0 atom stereocenters. The van der Waals surface area contributed by atoms with E-state index < -0.39 is 23.2 Å². The number of halogens is 1. The summed E-state index contributed by atoms with van der Waals surface area (Å²) in [5.41, 5.74) is 2.11. The molecule has 0 fully saturated rings. The van der Waals surface area contributed by atoms with Gasteiger partial charge in [0.15, 0.2) is 11.5 Å². The molecule has 2 aromatic carbocycles. The van der Waals surface area contributed by atoms with Gasteiger partial charge in [-0.25, -0.2) is 5.43 Å². The molecule has 114 valence electrons. The van der Waals surface area contributed by atoms with Crippen LogP contribution in [0.25, 0.3) is 0 Å². The normalized spacial score (nSPS) is 10.8. The van der Waals surface area contributed by atoms with Crippen LogP contribution in [0.15, 0.2) is 35.4 Å². The molecule has 0 radical (unpaired) electrons. The highest BCUT2D eigenvalue weighted by Gasteiger charge is 2.14. The monoisotopic (exact) mass is 322 g/mol. The molecule has 0 spiro atoms. The number of amides is 1. The van der Waals surface area contributed by atoms with E-state index in [4.69, 9.17) is 11.6 Å². The van der Waals surface area contributed by atoms with Gasteiger partial charge in [0.2, 0.25) is 0 Å². The topological polar surface area (TPSA) is 122 Å². The van der Waals surface area contributed by atoms with Crippen LogP contribution in [0.2, 0.25) is 5.02 Å². The maximum absolute atomic E-state index is 11.8. The Bertz CT molecular complexity index is 761. The van der Waals surface area contributed by atoms with Crippen LogP contribution in [-0.2, 0) is 0 Å². The summed E-state index contributed by atoms with van der Waals surface area (Å²) in [6.45, 7) is 0. The summed E-state index contributed by atoms with van der Waals surface area (Å²) in [4.78, 5) is 11.8. The maximum atomic E-state index is 11.8. The standard InChI is InChI=1S/C14H11ClN2O5/c15-8-1-2-10(18)7(3-8)6-16-17-14(22)9-4-12(20)13(21)5-11(9)19/h1-6,18-21H,(H,17,22)/b16-6+. The minimum Gasteiger partial charge on any atom is -0.507 e. The predicted molar refractivity (Wildman–Crippen MR) is 79.6 cm³/mol. The van der Waals surface area contributed by atoms with Gasteiger partial charge in [0, 0.05) is 22.7 Å². The first kappa shape index (κ1) is 15.5. The summed E-state index contributed by atoms with van der Waals surface area (Å²) in [5, 5.41) is 41.6. The second-order valence-electron chi connectivity index (χ2n) is 4.26. The number of nitrogens with one attached hydrogen (secondary N) is 1. The molecule has 2 aromatic rings. The number of hydrogen-bond acceptors (Lipinski definition) is 6. The Kier molecular flexibility index (Phi) is 4.38. The zero-order valence-electron chi connectivity index (χ0n) is 11.0. The smallest absolute Gasteiger partial charge is 0.275 e. The van der Waals surface area contributed by atoms with Gasteiger partial charge in [-0.3, -0.25) is 4.79 Å². The number of benzene rings is 2. The average molecular weight is 323 g/mol. The van der Waals surface area contributed by atoms with Crippen molar-refractivity contribution in [2.75, 3.05) is 0 Å². The van der Waals surface area contributed by atoms with E-state index in [-0.39, 0.29) is 16.9 Å². The molecule has 5 N–H and O–H groups in total. The summed E-state index contributed by atoms with van der Waals surface area (Å²) in [6.07, 6.45) is 1.16. The summed E-state index contributed by atoms with van der Waals surface area (Å²) < 4.78 is 0. The SMILES string of the molecule is O=C(N/N=C/c1cc(Cl)ccc1O)c1cc(O)c(O)cc1O. The van der Waals surface area contributed by atoms with Gasteiger partial charge in [0.1, 0.15) is 11.5 Å². The third-order valence-electron chi connectivity index (χ3n) is 2.70. The molecular formula is C14H11ClN2O5. The Labute approximate surface area is 129 Å². The van der Waals surface area contributed by atoms with E-state index >= 15 is 0 Å². The molecule has 8 heteroatoms. The van der Waals surface area contributed by atoms with Gasteiger partial charge in [-0.1, -0.05) is 11.6 Å². The van der Waals surface area contributed by atoms with E-state index in [9.17, 15) is 25.2 Å². The predicted octanol–water partition coefficient (Wildman–Crippen LogP) is 1.93. The minimum absolute atomic E-state index is 0.0764. The third-order valence-corrected chi connectivity index (χ3v) is 2.93. The molecule has 7 nitrogen and oxygen atoms in total. The Balaban J connectivity index is 2.15. The molecule has 22 heavy (non-hydrogen) atoms. The number of phenols is 4. The Hall–Kier alpha value is -2.93. The fourth-order valence-electron chi connectivity index (χ4n) is 1.60. The summed E-state index contributed by atoms with van der Waals surface area (Å²) in [5.74, 6) is -2.52. The fourth-order valence-corrected chi connectivity index (χ4v) is 1.78. The maximum Gasteiger partial charge on any atom is 0.275 e. The number of carbonyl (C=O) groups is 1. The van der Waals surface area contributed by atoms with Crippen LogP contribution in [-0.4, -0.2) is 32.5 Å². The average Bonchev–Trinajstić information content (AvgIpc) is 2.46. The van der Waals surface area contributed by atoms with Gasteiger partial charge in [-0.05, 0) is 18.2 Å². The van der Waals surface area contributed by atoms with Crippen LogP contribution < -0.4 is 5.43 Å². The first-order valence-electron chi connectivity index (χ1n) is 5.95. The van der Waals surface area contributed by atoms with E-state index in [1.807, 2.05) is 0 Å². The Morgan fingerprint density at radius 3 is 2.41 bits per heavy atom. The molecule has 2 rings (SSSR count). The highest BCUT2D eigenvalue weighted by atomic mass is 35.5. The second kappa shape index (κ2) is 6.23. The molecule has 0 aliphatic carbocycles. The van der Waals surface area contributed by atoms with Crippen LogP contribution in [0.5, 0.6) is 23.0 Å². The van der Waals surface area contributed by atoms with E-state index in [2.05, 4.69) is 10.5 Å². The largest absolute Gasteiger partial charge is 0.507 e. The molecule has 0 saturated carbocycles. The van der Waals surface area contributed by atoms with Gasteiger partial charge in [0.25, 0.3) is 5.91 Å². The van der Waals surface area contributed by atoms with Crippen molar-refractivity contribution in [1.29, 1.82) is 0 Å². The first-order chi connectivity index (χ1) is 10.4. The number of hydrazone groups is 1. The van der Waals surface area contributed by atoms with E-state index in [0.717, 1.165) is 18.3 Å². The summed E-state index contributed by atoms with van der Waals surface area (Å²) in [7, 11) is 0. The fraction of sp³-hybridized carbons (Fsp3) is 0. The van der Waals surface area contributed by atoms with Gasteiger partial charge < -0.3 is 20.4 Å². The van der Waals surface area contributed by atoms with Crippen LogP contribution in [0, 0.1) is 0 Å². The lowest BCUT2D eigenvalue weighted by Gasteiger charge is -2.05. The molecule has 0 aliphatic heterocycles. The summed E-state index contributed by atoms with van der Waals surface area (Å²) in [6, 6.07) is 6.03. The van der Waals surface area contributed by atoms with Crippen LogP contribution >= 0.6 is 11.6 Å². The minimum atomic E-state index is -0.814. The number of hydrogen-bond donors (Lipinski definition) is 5. The van der Waals surface area contributed by atoms with Crippen LogP contribution in [0.3, 0.4) is 0 Å². The molecule has 0 bridgehead atoms. The third kappa shape index (κ3) is 3.39. The van der Waals surface area contributed by atoms with Crippen molar-refractivity contribution < 1.29 is 25.2 Å². The van der Waals surface area contributed by atoms with Crippen LogP contribution in [0.4, 0.5) is 0 Å². The number of carbonyl (C=O) groups excluding carboxylic acids is 1. The van der Waals surface area contributed by atoms with E-state index in [1.54, 1.807) is 0 Å². The first-order valence-corrected chi connectivity index (χ1v) is 6.33. The van der Waals surface area contributed by atoms with Gasteiger partial charge in [-0.15, -0.1) is 0 Å². The second-order valence-corrected chi connectivity index (χ2v) is 4.70. The molecule has 0 saturated heterocycles. The van der Waals surface area contributed by atoms with E-state index in [0.29, 0.717) is 5.02 Å². The summed E-state index contributed by atoms with van der Waals surface area (Å²) >= 11 is 5.76. The van der Waals surface area contributed by atoms with E-state index in [1.165, 1.54) is 18.2 Å². The number of nitrogens with zero attached hydrogens (tertiary/aromatic N) is 1. The van der Waals surface area contributed by atoms with Crippen LogP contribution in [0.1, 0.15) is 15.9 Å². The van der Waals surface area contributed by atoms with Crippen molar-refractivity contribution in [2.45, 2.75) is 0 Å². The highest BCUT2D eigenvalue weighted by Crippen LogP contribution is 2.31. The number of aromatic hydroxyl groups is 4. The van der Waals surface area contributed by atoms with Gasteiger partial charge in [-0.2, -0.15) is 5.10 Å². The molecule has 0 heterocycles. The highest BCUT2D eigenvalue weighted by molar-refractivity contribution is 6.30. The van der Waals surface area contributed by atoms with Crippen molar-refractivity contribution in [3.05, 3.63) is 46.5 Å². The molecular weight excluding hydrogens is 312 g/mol. The van der Waals surface area contributed by atoms with Crippen molar-refractivity contribution in [1.82, 2.24) is 5.43 Å². The number of phenolic OH excluding ortho intramolecular Hbond substituents is 4. The molecule has 0 unspecified atom stereocenters. The Morgan fingerprint density at radius 1 is 1.00 bits per heavy atom. The Morgan fingerprint density at radius 2 is 1.68 bits per heavy atom.